The molecule has 0 aliphatic carbocycles. The van der Waals surface area contributed by atoms with Crippen LogP contribution in [-0.2, 0) is 57.8 Å². The fourth-order valence-electron chi connectivity index (χ4n) is 9.77. The quantitative estimate of drug-likeness (QED) is 0.118. The molecule has 97 heavy (non-hydrogen) atoms. The molecular weight excluding hydrogens is 1170 g/mol. The van der Waals surface area contributed by atoms with E-state index in [2.05, 4.69) is 343 Å². The molecule has 1 heteroatoms. The normalized spacial score (nSPS) is 9.65. The van der Waals surface area contributed by atoms with Crippen molar-refractivity contribution < 1.29 is 4.79 Å². The highest BCUT2D eigenvalue weighted by molar-refractivity contribution is 6.09. The third kappa shape index (κ3) is 37.3. The summed E-state index contributed by atoms with van der Waals surface area (Å²) in [6.07, 6.45) is 10.3. The molecule has 1 nitrogen and oxygen atoms in total. The van der Waals surface area contributed by atoms with E-state index in [1.54, 1.807) is 0 Å². The molecule has 0 N–H and O–H groups in total. The maximum absolute atomic E-state index is 12.1. The molecule has 11 rings (SSSR count). The fraction of sp³-hybridized carbons (Fsp3) is 0.302. The van der Waals surface area contributed by atoms with Crippen molar-refractivity contribution in [3.05, 3.63) is 389 Å². The number of carbonyl (C=O) groups excluding carboxylic acids is 1. The van der Waals surface area contributed by atoms with Gasteiger partial charge in [0.1, 0.15) is 0 Å². The predicted octanol–water partition coefficient (Wildman–Crippen LogP) is 26.6. The highest BCUT2D eigenvalue weighted by Crippen LogP contribution is 2.14. The second-order valence-electron chi connectivity index (χ2n) is 24.9. The first-order chi connectivity index (χ1) is 46.6. The monoisotopic (exact) mass is 1290 g/mol. The second kappa shape index (κ2) is 50.5. The number of hydrogen-bond acceptors (Lipinski definition) is 1. The molecular formula is C96H122O. The Bertz CT molecular complexity index is 3630. The van der Waals surface area contributed by atoms with Gasteiger partial charge in [-0.2, -0.15) is 0 Å². The third-order valence-corrected chi connectivity index (χ3v) is 16.6. The summed E-state index contributed by atoms with van der Waals surface area (Å²) in [5, 5.41) is 0. The minimum atomic E-state index is 0.0833. The van der Waals surface area contributed by atoms with Crippen molar-refractivity contribution >= 4 is 5.78 Å². The molecule has 0 aromatic heterocycles. The van der Waals surface area contributed by atoms with Crippen LogP contribution in [0.2, 0.25) is 0 Å². The van der Waals surface area contributed by atoms with Gasteiger partial charge in [-0.15, -0.1) is 0 Å². The van der Waals surface area contributed by atoms with Gasteiger partial charge in [0.25, 0.3) is 0 Å². The summed E-state index contributed by atoms with van der Waals surface area (Å²) < 4.78 is 0. The van der Waals surface area contributed by atoms with Crippen LogP contribution in [-0.4, -0.2) is 5.78 Å². The van der Waals surface area contributed by atoms with Gasteiger partial charge in [0.05, 0.1) is 0 Å². The molecule has 0 saturated heterocycles. The van der Waals surface area contributed by atoms with Crippen molar-refractivity contribution in [2.24, 2.45) is 0 Å². The lowest BCUT2D eigenvalue weighted by molar-refractivity contribution is 0.103. The molecule has 0 saturated carbocycles. The maximum atomic E-state index is 12.1. The summed E-state index contributed by atoms with van der Waals surface area (Å²) in [4.78, 5) is 12.1. The van der Waals surface area contributed by atoms with Gasteiger partial charge in [-0.05, 0) is 201 Å². The number of benzene rings is 11. The van der Waals surface area contributed by atoms with E-state index in [0.717, 1.165) is 68.9 Å². The van der Waals surface area contributed by atoms with E-state index in [-0.39, 0.29) is 5.78 Å². The Balaban J connectivity index is 0.000000370. The van der Waals surface area contributed by atoms with Crippen molar-refractivity contribution in [2.45, 2.75) is 196 Å². The molecule has 0 heterocycles. The van der Waals surface area contributed by atoms with Gasteiger partial charge in [-0.25, -0.2) is 0 Å². The van der Waals surface area contributed by atoms with E-state index in [1.165, 1.54) is 111 Å². The Kier molecular flexibility index (Phi) is 43.8. The predicted molar refractivity (Wildman–Crippen MR) is 431 cm³/mol. The number of hydrogen-bond donors (Lipinski definition) is 0. The van der Waals surface area contributed by atoms with Crippen molar-refractivity contribution in [3.63, 3.8) is 0 Å². The van der Waals surface area contributed by atoms with E-state index >= 15 is 0 Å². The Labute approximate surface area is 592 Å². The van der Waals surface area contributed by atoms with Gasteiger partial charge in [0.15, 0.2) is 5.78 Å². The van der Waals surface area contributed by atoms with Crippen LogP contribution in [0.1, 0.15) is 190 Å². The van der Waals surface area contributed by atoms with E-state index in [4.69, 9.17) is 0 Å². The molecule has 0 bridgehead atoms. The molecule has 0 amide bonds. The minimum absolute atomic E-state index is 0.0833. The van der Waals surface area contributed by atoms with E-state index in [0.29, 0.717) is 0 Å². The molecule has 0 spiro atoms. The van der Waals surface area contributed by atoms with Gasteiger partial charge >= 0.3 is 0 Å². The van der Waals surface area contributed by atoms with Crippen molar-refractivity contribution in [1.82, 2.24) is 0 Å². The lowest BCUT2D eigenvalue weighted by atomic mass is 10.0. The van der Waals surface area contributed by atoms with Crippen LogP contribution in [0.25, 0.3) is 0 Å². The summed E-state index contributed by atoms with van der Waals surface area (Å²) in [7, 11) is 0. The first kappa shape index (κ1) is 84.2. The van der Waals surface area contributed by atoms with Crippen LogP contribution in [0.15, 0.2) is 267 Å². The smallest absolute Gasteiger partial charge is 0.193 e. The average molecular weight is 1290 g/mol. The summed E-state index contributed by atoms with van der Waals surface area (Å²) in [6, 6.07) is 92.6. The number of aryl methyl sites for hydroxylation is 20. The zero-order chi connectivity index (χ0) is 71.8. The largest absolute Gasteiger partial charge is 0.289 e. The summed E-state index contributed by atoms with van der Waals surface area (Å²) in [5.41, 5.74) is 29.0. The molecule has 0 fully saturated rings. The van der Waals surface area contributed by atoms with Crippen molar-refractivity contribution in [2.75, 3.05) is 0 Å². The zero-order valence-corrected chi connectivity index (χ0v) is 63.7. The summed E-state index contributed by atoms with van der Waals surface area (Å²) in [5.74, 6) is 0.0833. The molecule has 0 atom stereocenters. The van der Waals surface area contributed by atoms with E-state index in [1.807, 2.05) is 62.4 Å². The van der Waals surface area contributed by atoms with E-state index < -0.39 is 0 Å². The zero-order valence-electron chi connectivity index (χ0n) is 63.7. The molecule has 0 radical (unpaired) electrons. The molecule has 0 unspecified atom stereocenters. The van der Waals surface area contributed by atoms with Gasteiger partial charge in [-0.3, -0.25) is 4.79 Å². The second-order valence-corrected chi connectivity index (χ2v) is 24.9. The molecule has 0 aliphatic heterocycles. The van der Waals surface area contributed by atoms with Gasteiger partial charge < -0.3 is 0 Å². The minimum Gasteiger partial charge on any atom is -0.289 e. The van der Waals surface area contributed by atoms with E-state index in [9.17, 15) is 4.79 Å². The standard InChI is InChI=1S/C15H14O.3C10H14.3C9H12.3C8H10/c1-11-3-7-13(8-4-11)15(16)14-9-5-12(2)6-10-14;1-3-9-5-7-10(4-2)8-6-9;1-3-9-6-5-7-10(4-2)8-9;1-3-9-7-5-6-8-10(9)4-2;1-3-9-6-4-8(2)5-7-9;1-3-9-6-4-5-8(2)7-9;1-3-9-7-5-4-6-8(9)2;1-7-3-5-8(2)6-4-7;1-7-4-3-5-8(2)6-7;1-7-5-3-4-6-8(7)2/h3-10H,1-2H3;3*5-8H,3-4H2,1-2H3;3*4-7H,3H2,1-2H3;3*3-6H,1-2H3. The topological polar surface area (TPSA) is 17.1 Å². The van der Waals surface area contributed by atoms with Crippen molar-refractivity contribution in [1.29, 1.82) is 0 Å². The number of carbonyl (C=O) groups is 1. The Morgan fingerprint density at radius 2 is 0.443 bits per heavy atom. The number of ketones is 1. The maximum Gasteiger partial charge on any atom is 0.193 e. The van der Waals surface area contributed by atoms with Crippen LogP contribution in [0, 0.1) is 76.2 Å². The molecule has 11 aromatic rings. The van der Waals surface area contributed by atoms with Gasteiger partial charge in [-0.1, -0.05) is 374 Å². The first-order valence-electron chi connectivity index (χ1n) is 35.8. The van der Waals surface area contributed by atoms with Crippen LogP contribution >= 0.6 is 0 Å². The fourth-order valence-corrected chi connectivity index (χ4v) is 9.77. The number of rotatable bonds is 11. The van der Waals surface area contributed by atoms with Crippen LogP contribution in [0.3, 0.4) is 0 Å². The lowest BCUT2D eigenvalue weighted by Gasteiger charge is -2.02. The highest BCUT2D eigenvalue weighted by atomic mass is 16.1. The Hall–Kier alpha value is -8.91. The average Bonchev–Trinajstić information content (AvgIpc) is 1.05. The Morgan fingerprint density at radius 1 is 0.196 bits per heavy atom. The van der Waals surface area contributed by atoms with Crippen molar-refractivity contribution in [3.8, 4) is 0 Å². The Morgan fingerprint density at radius 3 is 0.701 bits per heavy atom. The third-order valence-electron chi connectivity index (χ3n) is 16.6. The van der Waals surface area contributed by atoms with Crippen LogP contribution < -0.4 is 0 Å². The SMILES string of the molecule is CCc1ccc(C)cc1.CCc1ccc(CC)cc1.CCc1cccc(C)c1.CCc1cccc(CC)c1.CCc1ccccc1C.CCc1ccccc1CC.Cc1ccc(C(=O)c2ccc(C)cc2)cc1.Cc1ccc(C)cc1.Cc1cccc(C)c1.Cc1ccccc1C. The van der Waals surface area contributed by atoms with Gasteiger partial charge in [0.2, 0.25) is 0 Å². The highest BCUT2D eigenvalue weighted by Gasteiger charge is 2.08. The molecule has 512 valence electrons. The molecule has 0 aliphatic rings. The lowest BCUT2D eigenvalue weighted by Crippen LogP contribution is -2.00. The first-order valence-corrected chi connectivity index (χ1v) is 35.8. The summed E-state index contributed by atoms with van der Waals surface area (Å²) >= 11 is 0. The van der Waals surface area contributed by atoms with Crippen LogP contribution in [0.5, 0.6) is 0 Å². The van der Waals surface area contributed by atoms with Crippen LogP contribution in [0.4, 0.5) is 0 Å². The van der Waals surface area contributed by atoms with Gasteiger partial charge in [0, 0.05) is 11.1 Å². The summed E-state index contributed by atoms with van der Waals surface area (Å²) in [6.45, 7) is 42.7. The molecule has 11 aromatic carbocycles.